The molecule has 0 radical (unpaired) electrons. The molecule has 0 unspecified atom stereocenters. The summed E-state index contributed by atoms with van der Waals surface area (Å²) in [7, 11) is 0. The van der Waals surface area contributed by atoms with Crippen LogP contribution in [0.1, 0.15) is 41.5 Å². The Morgan fingerprint density at radius 3 is 1.29 bits per heavy atom. The van der Waals surface area contributed by atoms with Gasteiger partial charge in [-0.15, -0.1) is 24.7 Å². The second-order valence-corrected chi connectivity index (χ2v) is 9.45. The molecule has 0 spiro atoms. The quantitative estimate of drug-likeness (QED) is 0.202. The molecule has 0 bridgehead atoms. The summed E-state index contributed by atoms with van der Waals surface area (Å²) in [6.45, 7) is 16.9. The summed E-state index contributed by atoms with van der Waals surface area (Å²) in [4.78, 5) is 4.38. The van der Waals surface area contributed by atoms with Crippen molar-refractivity contribution in [2.24, 2.45) is 0 Å². The molecular formula is C26H34FeN6S2. The van der Waals surface area contributed by atoms with Gasteiger partial charge in [-0.3, -0.25) is 0 Å². The van der Waals surface area contributed by atoms with Crippen LogP contribution >= 0.6 is 23.9 Å². The summed E-state index contributed by atoms with van der Waals surface area (Å²) >= 11 is 3.41. The van der Waals surface area contributed by atoms with E-state index in [1.54, 1.807) is 23.9 Å². The summed E-state index contributed by atoms with van der Waals surface area (Å²) in [6, 6.07) is 0. The van der Waals surface area contributed by atoms with Gasteiger partial charge < -0.3 is 29.0 Å². The first-order chi connectivity index (χ1) is 16.3. The SMILES string of the molecule is CSN1[CH-]N(/C(C)=C2/C=CC=C[N-]2)C(C)=C1C.CSN1[CH-]N(/C(C)=C2/C=CC=C[N-]2)C(C)=C1C.[Fe+4]. The van der Waals surface area contributed by atoms with E-state index < -0.39 is 0 Å². The summed E-state index contributed by atoms with van der Waals surface area (Å²) in [6.07, 6.45) is 19.8. The predicted molar refractivity (Wildman–Crippen MR) is 148 cm³/mol. The van der Waals surface area contributed by atoms with Crippen molar-refractivity contribution < 1.29 is 17.1 Å². The van der Waals surface area contributed by atoms with Gasteiger partial charge in [0.15, 0.2) is 0 Å². The normalized spacial score (nSPS) is 21.7. The molecule has 0 fully saturated rings. The standard InChI is InChI=1S/2C13H17N3S.Fe/c2*1-10-11(2)16(17-4)9-15(10)12(3)13-7-5-6-8-14-13;/h2*5-9H,1-4H3;/q2*-2;+4/b2*13-12-;. The van der Waals surface area contributed by atoms with E-state index in [4.69, 9.17) is 0 Å². The minimum atomic E-state index is 0. The molecule has 0 N–H and O–H groups in total. The van der Waals surface area contributed by atoms with Crippen molar-refractivity contribution in [3.8, 4) is 0 Å². The van der Waals surface area contributed by atoms with E-state index >= 15 is 0 Å². The molecule has 4 rings (SSSR count). The average Bonchev–Trinajstić information content (AvgIpc) is 3.34. The molecule has 4 heterocycles. The molecule has 0 saturated heterocycles. The van der Waals surface area contributed by atoms with Gasteiger partial charge in [-0.05, 0) is 65.4 Å². The molecule has 6 nitrogen and oxygen atoms in total. The Morgan fingerprint density at radius 1 is 0.657 bits per heavy atom. The topological polar surface area (TPSA) is 41.2 Å². The Bertz CT molecular complexity index is 952. The third-order valence-electron chi connectivity index (χ3n) is 6.06. The molecular weight excluding hydrogens is 516 g/mol. The first-order valence-electron chi connectivity index (χ1n) is 11.1. The first-order valence-corrected chi connectivity index (χ1v) is 13.5. The molecule has 4 aliphatic heterocycles. The van der Waals surface area contributed by atoms with Gasteiger partial charge in [0.2, 0.25) is 0 Å². The minimum absolute atomic E-state index is 0. The first kappa shape index (κ1) is 29.2. The number of hydrogen-bond donors (Lipinski definition) is 0. The Kier molecular flexibility index (Phi) is 11.1. The fourth-order valence-electron chi connectivity index (χ4n) is 3.67. The summed E-state index contributed by atoms with van der Waals surface area (Å²) in [5.41, 5.74) is 9.38. The van der Waals surface area contributed by atoms with Gasteiger partial charge in [0.25, 0.3) is 0 Å². The zero-order chi connectivity index (χ0) is 24.8. The van der Waals surface area contributed by atoms with Gasteiger partial charge >= 0.3 is 17.1 Å². The Morgan fingerprint density at radius 2 is 1.03 bits per heavy atom. The summed E-state index contributed by atoms with van der Waals surface area (Å²) in [5, 5.41) is 8.77. The summed E-state index contributed by atoms with van der Waals surface area (Å²) < 4.78 is 4.34. The second kappa shape index (κ2) is 13.3. The Hall–Kier alpha value is -2.06. The van der Waals surface area contributed by atoms with Gasteiger partial charge in [0.1, 0.15) is 0 Å². The van der Waals surface area contributed by atoms with Crippen LogP contribution in [0.4, 0.5) is 0 Å². The van der Waals surface area contributed by atoms with Crippen molar-refractivity contribution in [3.05, 3.63) is 118 Å². The maximum atomic E-state index is 4.39. The van der Waals surface area contributed by atoms with Gasteiger partial charge in [0, 0.05) is 22.8 Å². The van der Waals surface area contributed by atoms with E-state index in [0.29, 0.717) is 0 Å². The van der Waals surface area contributed by atoms with Crippen LogP contribution in [0.3, 0.4) is 0 Å². The average molecular weight is 551 g/mol. The van der Waals surface area contributed by atoms with Crippen molar-refractivity contribution in [1.29, 1.82) is 0 Å². The molecule has 0 atom stereocenters. The number of allylic oxidation sites excluding steroid dienone is 12. The zero-order valence-corrected chi connectivity index (χ0v) is 24.4. The monoisotopic (exact) mass is 550 g/mol. The van der Waals surface area contributed by atoms with Gasteiger partial charge in [-0.1, -0.05) is 60.4 Å². The maximum Gasteiger partial charge on any atom is 4.00 e. The Labute approximate surface area is 231 Å². The van der Waals surface area contributed by atoms with Crippen LogP contribution in [-0.4, -0.2) is 30.9 Å². The van der Waals surface area contributed by atoms with E-state index in [-0.39, 0.29) is 17.1 Å². The predicted octanol–water partition coefficient (Wildman–Crippen LogP) is 7.88. The molecule has 0 aromatic carbocycles. The van der Waals surface area contributed by atoms with Crippen molar-refractivity contribution >= 4 is 23.9 Å². The van der Waals surface area contributed by atoms with E-state index in [1.807, 2.05) is 48.9 Å². The van der Waals surface area contributed by atoms with Gasteiger partial charge in [-0.2, -0.15) is 12.4 Å². The van der Waals surface area contributed by atoms with Crippen LogP contribution in [0.25, 0.3) is 10.6 Å². The fourth-order valence-corrected chi connectivity index (χ4v) is 4.86. The van der Waals surface area contributed by atoms with Crippen LogP contribution in [0.5, 0.6) is 0 Å². The van der Waals surface area contributed by atoms with E-state index in [9.17, 15) is 0 Å². The molecule has 0 aliphatic carbocycles. The molecule has 188 valence electrons. The van der Waals surface area contributed by atoms with Crippen LogP contribution < -0.4 is 0 Å². The van der Waals surface area contributed by atoms with Gasteiger partial charge in [-0.25, -0.2) is 0 Å². The van der Waals surface area contributed by atoms with Crippen molar-refractivity contribution in [2.75, 3.05) is 12.5 Å². The number of hydrogen-bond acceptors (Lipinski definition) is 6. The van der Waals surface area contributed by atoms with Crippen molar-refractivity contribution in [3.63, 3.8) is 0 Å². The minimum Gasteiger partial charge on any atom is -0.663 e. The molecule has 0 aromatic rings. The number of rotatable bonds is 4. The van der Waals surface area contributed by atoms with Crippen LogP contribution in [0.15, 0.2) is 94.4 Å². The fraction of sp³-hybridized carbons (Fsp3) is 0.308. The van der Waals surface area contributed by atoms with Gasteiger partial charge in [0.05, 0.1) is 0 Å². The van der Waals surface area contributed by atoms with Crippen LogP contribution in [-0.2, 0) is 17.1 Å². The third kappa shape index (κ3) is 6.58. The molecule has 0 saturated carbocycles. The molecule has 35 heavy (non-hydrogen) atoms. The van der Waals surface area contributed by atoms with Crippen molar-refractivity contribution in [2.45, 2.75) is 41.5 Å². The number of nitrogens with zero attached hydrogens (tertiary/aromatic N) is 6. The molecule has 4 aliphatic rings. The molecule has 9 heteroatoms. The largest absolute Gasteiger partial charge is 4.00 e. The van der Waals surface area contributed by atoms with Crippen molar-refractivity contribution in [1.82, 2.24) is 18.4 Å². The second-order valence-electron chi connectivity index (χ2n) is 7.93. The molecule has 0 aromatic heterocycles. The molecule has 0 amide bonds. The maximum absolute atomic E-state index is 4.39. The van der Waals surface area contributed by atoms with E-state index in [0.717, 1.165) is 22.8 Å². The van der Waals surface area contributed by atoms with E-state index in [1.165, 1.54) is 22.8 Å². The Balaban J connectivity index is 0.000000240. The van der Waals surface area contributed by atoms with E-state index in [2.05, 4.69) is 96.4 Å². The van der Waals surface area contributed by atoms with Crippen LogP contribution in [0.2, 0.25) is 0 Å². The smallest absolute Gasteiger partial charge is 0.663 e. The third-order valence-corrected chi connectivity index (χ3v) is 7.58. The van der Waals surface area contributed by atoms with Crippen LogP contribution in [0, 0.1) is 13.3 Å². The summed E-state index contributed by atoms with van der Waals surface area (Å²) in [5.74, 6) is 0. The zero-order valence-electron chi connectivity index (χ0n) is 21.6.